The van der Waals surface area contributed by atoms with Crippen LogP contribution in [0.4, 0.5) is 10.1 Å². The number of hydrogen-bond acceptors (Lipinski definition) is 7. The predicted molar refractivity (Wildman–Crippen MR) is 114 cm³/mol. The molecule has 1 saturated heterocycles. The van der Waals surface area contributed by atoms with E-state index in [9.17, 15) is 14.7 Å². The smallest absolute Gasteiger partial charge is 0.350 e. The molecule has 1 unspecified atom stereocenters. The Morgan fingerprint density at radius 1 is 1.32 bits per heavy atom. The van der Waals surface area contributed by atoms with E-state index in [1.54, 1.807) is 20.8 Å². The van der Waals surface area contributed by atoms with Gasteiger partial charge in [-0.15, -0.1) is 0 Å². The third kappa shape index (κ3) is 3.64. The molecule has 1 fully saturated rings. The summed E-state index contributed by atoms with van der Waals surface area (Å²) in [6.45, 7) is 8.04. The van der Waals surface area contributed by atoms with Crippen molar-refractivity contribution in [2.24, 2.45) is 4.99 Å². The Morgan fingerprint density at radius 3 is 2.71 bits per heavy atom. The van der Waals surface area contributed by atoms with Crippen molar-refractivity contribution in [1.29, 1.82) is 0 Å². The Labute approximate surface area is 178 Å². The summed E-state index contributed by atoms with van der Waals surface area (Å²) in [5.74, 6) is 5.12. The van der Waals surface area contributed by atoms with Crippen molar-refractivity contribution in [3.8, 4) is 0 Å². The third-order valence-corrected chi connectivity index (χ3v) is 5.84. The molecule has 0 aliphatic carbocycles. The van der Waals surface area contributed by atoms with Crippen LogP contribution < -0.4 is 27.1 Å². The molecule has 2 aliphatic heterocycles. The number of nitrogen functional groups attached to an aromatic ring is 1. The van der Waals surface area contributed by atoms with Crippen molar-refractivity contribution in [2.45, 2.75) is 64.6 Å². The maximum atomic E-state index is 15.3. The summed E-state index contributed by atoms with van der Waals surface area (Å²) < 4.78 is 22.5. The number of rotatable bonds is 2. The Balaban J connectivity index is 1.78. The SMILES string of the molecule is CC1CCc2c(N3CC[C@H](N=C([O-])OC(C)(C)C)C3)c(F)cc3c(=O)n(N)c(=O)n1c23. The highest BCUT2D eigenvalue weighted by Crippen LogP contribution is 2.38. The average molecular weight is 432 g/mol. The molecule has 0 amide bonds. The molecule has 0 spiro atoms. The fourth-order valence-electron chi connectivity index (χ4n) is 4.51. The fourth-order valence-corrected chi connectivity index (χ4v) is 4.51. The molecular weight excluding hydrogens is 405 g/mol. The van der Waals surface area contributed by atoms with Crippen LogP contribution >= 0.6 is 0 Å². The largest absolute Gasteiger partial charge is 0.595 e. The molecule has 4 rings (SSSR count). The van der Waals surface area contributed by atoms with Gasteiger partial charge in [0.2, 0.25) is 0 Å². The Morgan fingerprint density at radius 2 is 2.03 bits per heavy atom. The van der Waals surface area contributed by atoms with E-state index < -0.39 is 28.8 Å². The first kappa shape index (κ1) is 21.2. The van der Waals surface area contributed by atoms with Gasteiger partial charge in [-0.2, -0.15) is 4.68 Å². The first-order valence-electron chi connectivity index (χ1n) is 10.4. The summed E-state index contributed by atoms with van der Waals surface area (Å²) in [6, 6.07) is 0.676. The number of nitrogens with zero attached hydrogens (tertiary/aromatic N) is 4. The molecule has 2 aliphatic rings. The Kier molecular flexibility index (Phi) is 4.98. The Hall–Kier alpha value is -3.04. The number of hydrogen-bond donors (Lipinski definition) is 1. The van der Waals surface area contributed by atoms with Crippen LogP contribution in [0.25, 0.3) is 10.9 Å². The van der Waals surface area contributed by atoms with E-state index in [1.165, 1.54) is 4.57 Å². The van der Waals surface area contributed by atoms with Crippen molar-refractivity contribution in [2.75, 3.05) is 23.8 Å². The average Bonchev–Trinajstić information content (AvgIpc) is 3.10. The van der Waals surface area contributed by atoms with Crippen molar-refractivity contribution < 1.29 is 14.2 Å². The number of nitrogens with two attached hydrogens (primary N) is 1. The monoisotopic (exact) mass is 432 g/mol. The molecule has 1 aromatic heterocycles. The molecule has 3 heterocycles. The number of aryl methyl sites for hydroxylation is 1. The van der Waals surface area contributed by atoms with Crippen LogP contribution in [0.1, 0.15) is 52.1 Å². The standard InChI is InChI=1S/C21H28FN5O4/c1-11-5-6-13-16-14(18(28)27(23)20(30)26(11)16)9-15(22)17(13)25-8-7-12(10-25)24-19(29)31-21(2,3)4/h9,11-12H,5-8,10,23H2,1-4H3,(H,24,29)/p-1/t11?,12-/m0/s1. The van der Waals surface area contributed by atoms with Crippen molar-refractivity contribution >= 4 is 22.7 Å². The van der Waals surface area contributed by atoms with Crippen LogP contribution in [-0.4, -0.2) is 40.1 Å². The lowest BCUT2D eigenvalue weighted by Crippen LogP contribution is -2.46. The molecule has 9 nitrogen and oxygen atoms in total. The first-order chi connectivity index (χ1) is 14.5. The second-order valence-corrected chi connectivity index (χ2v) is 9.30. The number of aromatic nitrogens is 2. The normalized spacial score (nSPS) is 21.7. The van der Waals surface area contributed by atoms with E-state index in [1.807, 2.05) is 11.8 Å². The number of anilines is 1. The van der Waals surface area contributed by atoms with Crippen molar-refractivity contribution in [1.82, 2.24) is 9.24 Å². The minimum absolute atomic E-state index is 0.0964. The van der Waals surface area contributed by atoms with Gasteiger partial charge >= 0.3 is 5.69 Å². The van der Waals surface area contributed by atoms with Crippen LogP contribution in [0.2, 0.25) is 0 Å². The molecule has 1 aromatic carbocycles. The zero-order chi connectivity index (χ0) is 22.7. The molecule has 2 N–H and O–H groups in total. The van der Waals surface area contributed by atoms with Gasteiger partial charge < -0.3 is 20.6 Å². The zero-order valence-corrected chi connectivity index (χ0v) is 18.1. The van der Waals surface area contributed by atoms with Gasteiger partial charge in [-0.05, 0) is 32.3 Å². The second-order valence-electron chi connectivity index (χ2n) is 9.30. The summed E-state index contributed by atoms with van der Waals surface area (Å²) >= 11 is 0. The van der Waals surface area contributed by atoms with Gasteiger partial charge in [0.1, 0.15) is 11.9 Å². The zero-order valence-electron chi connectivity index (χ0n) is 18.1. The maximum absolute atomic E-state index is 15.3. The number of benzene rings is 1. The predicted octanol–water partition coefficient (Wildman–Crippen LogP) is 0.633. The molecule has 0 saturated carbocycles. The molecule has 2 atom stereocenters. The van der Waals surface area contributed by atoms with E-state index in [0.717, 1.165) is 6.07 Å². The highest BCUT2D eigenvalue weighted by atomic mass is 19.1. The van der Waals surface area contributed by atoms with Crippen molar-refractivity contribution in [3.05, 3.63) is 38.3 Å². The van der Waals surface area contributed by atoms with Gasteiger partial charge in [0.05, 0.1) is 22.6 Å². The number of ether oxygens (including phenoxy) is 1. The van der Waals surface area contributed by atoms with Crippen LogP contribution in [0, 0.1) is 5.82 Å². The van der Waals surface area contributed by atoms with E-state index >= 15 is 4.39 Å². The molecule has 168 valence electrons. The lowest BCUT2D eigenvalue weighted by atomic mass is 9.95. The molecule has 2 aromatic rings. The van der Waals surface area contributed by atoms with Gasteiger partial charge in [-0.3, -0.25) is 14.4 Å². The summed E-state index contributed by atoms with van der Waals surface area (Å²) in [6.07, 6.45) is 1.09. The summed E-state index contributed by atoms with van der Waals surface area (Å²) in [5.41, 5.74) is -0.521. The number of halogens is 1. The fraction of sp³-hybridized carbons (Fsp3) is 0.571. The van der Waals surface area contributed by atoms with E-state index in [-0.39, 0.29) is 17.5 Å². The van der Waals surface area contributed by atoms with Gasteiger partial charge in [0.15, 0.2) is 0 Å². The molecule has 0 bridgehead atoms. The minimum Gasteiger partial charge on any atom is -0.595 e. The number of aliphatic imine (C=N–C) groups is 1. The van der Waals surface area contributed by atoms with Gasteiger partial charge in [-0.1, -0.05) is 20.8 Å². The molecule has 0 radical (unpaired) electrons. The molecule has 10 heteroatoms. The topological polar surface area (TPSA) is 118 Å². The molecular formula is C21H27FN5O4-. The quantitative estimate of drug-likeness (QED) is 0.423. The van der Waals surface area contributed by atoms with E-state index in [0.29, 0.717) is 53.8 Å². The van der Waals surface area contributed by atoms with E-state index in [2.05, 4.69) is 4.99 Å². The Bertz CT molecular complexity index is 1190. The van der Waals surface area contributed by atoms with Crippen LogP contribution in [0.3, 0.4) is 0 Å². The van der Waals surface area contributed by atoms with Gasteiger partial charge in [0.25, 0.3) is 5.56 Å². The van der Waals surface area contributed by atoms with Crippen molar-refractivity contribution in [3.63, 3.8) is 0 Å². The highest BCUT2D eigenvalue weighted by Gasteiger charge is 2.32. The minimum atomic E-state index is -0.712. The summed E-state index contributed by atoms with van der Waals surface area (Å²) in [7, 11) is 0. The summed E-state index contributed by atoms with van der Waals surface area (Å²) in [5, 5.41) is 12.1. The lowest BCUT2D eigenvalue weighted by Gasteiger charge is -2.31. The molecule has 31 heavy (non-hydrogen) atoms. The second kappa shape index (κ2) is 7.28. The van der Waals surface area contributed by atoms with Gasteiger partial charge in [0, 0.05) is 30.3 Å². The van der Waals surface area contributed by atoms with Gasteiger partial charge in [-0.25, -0.2) is 9.18 Å². The summed E-state index contributed by atoms with van der Waals surface area (Å²) in [4.78, 5) is 31.2. The third-order valence-electron chi connectivity index (χ3n) is 5.84. The van der Waals surface area contributed by atoms with Crippen LogP contribution in [0.5, 0.6) is 0 Å². The van der Waals surface area contributed by atoms with Crippen LogP contribution in [0.15, 0.2) is 20.6 Å². The highest BCUT2D eigenvalue weighted by molar-refractivity contribution is 5.88. The van der Waals surface area contributed by atoms with E-state index in [4.69, 9.17) is 10.6 Å². The first-order valence-corrected chi connectivity index (χ1v) is 10.4. The lowest BCUT2D eigenvalue weighted by molar-refractivity contribution is -0.260. The van der Waals surface area contributed by atoms with Crippen LogP contribution in [-0.2, 0) is 11.2 Å². The maximum Gasteiger partial charge on any atom is 0.350 e.